The fourth-order valence-electron chi connectivity index (χ4n) is 2.68. The van der Waals surface area contributed by atoms with Crippen molar-refractivity contribution in [1.29, 1.82) is 0 Å². The van der Waals surface area contributed by atoms with Crippen molar-refractivity contribution in [2.45, 2.75) is 58.9 Å². The van der Waals surface area contributed by atoms with E-state index in [1.165, 1.54) is 0 Å². The van der Waals surface area contributed by atoms with Gasteiger partial charge in [0.25, 0.3) is 0 Å². The van der Waals surface area contributed by atoms with Crippen LogP contribution in [0, 0.1) is 5.92 Å². The van der Waals surface area contributed by atoms with Crippen LogP contribution in [0.5, 0.6) is 11.6 Å². The summed E-state index contributed by atoms with van der Waals surface area (Å²) in [5.41, 5.74) is 1.33. The first-order chi connectivity index (χ1) is 15.1. The summed E-state index contributed by atoms with van der Waals surface area (Å²) in [6, 6.07) is 5.09. The van der Waals surface area contributed by atoms with Crippen LogP contribution in [0.4, 0.5) is 5.69 Å². The second kappa shape index (κ2) is 10.9. The van der Waals surface area contributed by atoms with Crippen LogP contribution >= 0.6 is 34.8 Å². The number of hydrogen-bond donors (Lipinski definition) is 0. The molecule has 0 spiro atoms. The molecule has 6 nitrogen and oxygen atoms in total. The van der Waals surface area contributed by atoms with Crippen molar-refractivity contribution < 1.29 is 9.16 Å². The smallest absolute Gasteiger partial charge is 0.239 e. The Balaban J connectivity index is 2.40. The van der Waals surface area contributed by atoms with E-state index in [0.717, 1.165) is 5.56 Å². The first kappa shape index (κ1) is 27.9. The zero-order chi connectivity index (χ0) is 25.1. The van der Waals surface area contributed by atoms with E-state index >= 15 is 0 Å². The monoisotopic (exact) mass is 530 g/mol. The predicted octanol–water partition coefficient (Wildman–Crippen LogP) is 8.17. The van der Waals surface area contributed by atoms with Crippen molar-refractivity contribution in [3.63, 3.8) is 0 Å². The summed E-state index contributed by atoms with van der Waals surface area (Å²) in [7, 11) is 1.68. The molecule has 10 heteroatoms. The quantitative estimate of drug-likeness (QED) is 0.195. The van der Waals surface area contributed by atoms with Gasteiger partial charge in [0.05, 0.1) is 28.2 Å². The minimum absolute atomic E-state index is 0.0459. The molecule has 0 fully saturated rings. The third-order valence-corrected chi connectivity index (χ3v) is 10.8. The lowest BCUT2D eigenvalue weighted by atomic mass is 10.0. The summed E-state index contributed by atoms with van der Waals surface area (Å²) >= 11 is 19.3. The van der Waals surface area contributed by atoms with Crippen molar-refractivity contribution in [3.05, 3.63) is 39.0 Å². The zero-order valence-corrected chi connectivity index (χ0v) is 24.0. The topological polar surface area (TPSA) is 59.8 Å². The Morgan fingerprint density at radius 3 is 2.09 bits per heavy atom. The average molecular weight is 532 g/mol. The normalized spacial score (nSPS) is 13.6. The molecule has 0 aliphatic carbocycles. The maximum atomic E-state index is 6.70. The van der Waals surface area contributed by atoms with Gasteiger partial charge in [0.2, 0.25) is 5.88 Å². The summed E-state index contributed by atoms with van der Waals surface area (Å²) in [6.07, 6.45) is 1.40. The van der Waals surface area contributed by atoms with Gasteiger partial charge in [-0.25, -0.2) is 4.99 Å². The molecule has 0 radical (unpaired) electrons. The highest BCUT2D eigenvalue weighted by molar-refractivity contribution is 6.74. The van der Waals surface area contributed by atoms with Gasteiger partial charge in [-0.15, -0.1) is 10.2 Å². The Kier molecular flexibility index (Phi) is 9.21. The number of hydrogen-bond acceptors (Lipinski definition) is 5. The van der Waals surface area contributed by atoms with Gasteiger partial charge in [-0.3, -0.25) is 0 Å². The van der Waals surface area contributed by atoms with Crippen molar-refractivity contribution in [1.82, 2.24) is 15.1 Å². The molecule has 1 unspecified atom stereocenters. The average Bonchev–Trinajstić information content (AvgIpc) is 2.67. The lowest BCUT2D eigenvalue weighted by molar-refractivity contribution is 0.134. The molecule has 0 aliphatic heterocycles. The van der Waals surface area contributed by atoms with Crippen molar-refractivity contribution in [3.8, 4) is 11.6 Å². The highest BCUT2D eigenvalue weighted by Crippen LogP contribution is 2.44. The van der Waals surface area contributed by atoms with E-state index in [2.05, 4.69) is 62.9 Å². The minimum atomic E-state index is -2.07. The predicted molar refractivity (Wildman–Crippen MR) is 141 cm³/mol. The number of aliphatic imine (C=N–C) groups is 1. The molecule has 0 N–H and O–H groups in total. The first-order valence-electron chi connectivity index (χ1n) is 10.7. The van der Waals surface area contributed by atoms with Crippen LogP contribution in [0.2, 0.25) is 33.3 Å². The van der Waals surface area contributed by atoms with Crippen molar-refractivity contribution >= 4 is 55.1 Å². The zero-order valence-electron chi connectivity index (χ0n) is 20.7. The molecule has 182 valence electrons. The third-order valence-electron chi connectivity index (χ3n) is 5.52. The van der Waals surface area contributed by atoms with Gasteiger partial charge < -0.3 is 14.1 Å². The van der Waals surface area contributed by atoms with Gasteiger partial charge in [-0.2, -0.15) is 0 Å². The van der Waals surface area contributed by atoms with Gasteiger partial charge in [0.1, 0.15) is 0 Å². The molecule has 1 heterocycles. The Morgan fingerprint density at radius 2 is 1.61 bits per heavy atom. The van der Waals surface area contributed by atoms with Crippen LogP contribution in [-0.2, 0) is 4.43 Å². The van der Waals surface area contributed by atoms with Crippen LogP contribution < -0.4 is 4.74 Å². The summed E-state index contributed by atoms with van der Waals surface area (Å²) in [5.74, 6) is 0.665. The SMILES string of the molecule is CC(C)C(O[Si](C)(C)C(C)(C)C)c1cc(Oc2c(Cl)cc(N=CN(C)C)cc2Cl)nnc1Cl. The highest BCUT2D eigenvalue weighted by atomic mass is 35.5. The molecule has 0 amide bonds. The van der Waals surface area contributed by atoms with E-state index < -0.39 is 8.32 Å². The van der Waals surface area contributed by atoms with Gasteiger partial charge >= 0.3 is 0 Å². The second-order valence-corrected chi connectivity index (χ2v) is 15.9. The molecule has 0 aliphatic rings. The van der Waals surface area contributed by atoms with E-state index in [4.69, 9.17) is 44.0 Å². The van der Waals surface area contributed by atoms with E-state index in [0.29, 0.717) is 15.7 Å². The molecule has 0 saturated heterocycles. The van der Waals surface area contributed by atoms with Crippen molar-refractivity contribution in [2.24, 2.45) is 10.9 Å². The standard InChI is InChI=1S/C23H33Cl3N4O2Si/c1-14(2)20(32-33(8,9)23(3,4)5)16-12-19(28-29-22(16)26)31-21-17(24)10-15(11-18(21)25)27-13-30(6)7/h10-14,20H,1-9H3. The van der Waals surface area contributed by atoms with E-state index in [-0.39, 0.29) is 33.8 Å². The Morgan fingerprint density at radius 1 is 1.03 bits per heavy atom. The molecule has 1 aromatic carbocycles. The fraction of sp³-hybridized carbons (Fsp3) is 0.522. The summed E-state index contributed by atoms with van der Waals surface area (Å²) < 4.78 is 12.6. The second-order valence-electron chi connectivity index (χ2n) is 10.0. The van der Waals surface area contributed by atoms with E-state index in [9.17, 15) is 0 Å². The lowest BCUT2D eigenvalue weighted by Crippen LogP contribution is -2.42. The Bertz CT molecular complexity index is 985. The summed E-state index contributed by atoms with van der Waals surface area (Å²) in [4.78, 5) is 6.13. The maximum Gasteiger partial charge on any atom is 0.239 e. The van der Waals surface area contributed by atoms with Crippen LogP contribution in [0.1, 0.15) is 46.3 Å². The molecule has 2 aromatic rings. The van der Waals surface area contributed by atoms with Gasteiger partial charge in [0.15, 0.2) is 19.2 Å². The molecule has 33 heavy (non-hydrogen) atoms. The lowest BCUT2D eigenvalue weighted by Gasteiger charge is -2.40. The first-order valence-corrected chi connectivity index (χ1v) is 14.7. The number of nitrogens with zero attached hydrogens (tertiary/aromatic N) is 4. The highest BCUT2D eigenvalue weighted by Gasteiger charge is 2.40. The van der Waals surface area contributed by atoms with Crippen LogP contribution in [0.25, 0.3) is 0 Å². The molecule has 0 bridgehead atoms. The number of benzene rings is 1. The molecule has 2 rings (SSSR count). The van der Waals surface area contributed by atoms with Gasteiger partial charge in [-0.1, -0.05) is 69.4 Å². The number of halogens is 3. The number of aromatic nitrogens is 2. The van der Waals surface area contributed by atoms with Crippen LogP contribution in [0.3, 0.4) is 0 Å². The number of ether oxygens (including phenoxy) is 1. The molecular weight excluding hydrogens is 499 g/mol. The van der Waals surface area contributed by atoms with E-state index in [1.54, 1.807) is 24.5 Å². The Labute approximate surface area is 213 Å². The van der Waals surface area contributed by atoms with E-state index in [1.807, 2.05) is 19.0 Å². The largest absolute Gasteiger partial charge is 0.434 e. The summed E-state index contributed by atoms with van der Waals surface area (Å²) in [5, 5.41) is 9.14. The van der Waals surface area contributed by atoms with Crippen molar-refractivity contribution in [2.75, 3.05) is 14.1 Å². The van der Waals surface area contributed by atoms with Crippen LogP contribution in [-0.4, -0.2) is 43.8 Å². The minimum Gasteiger partial charge on any atom is -0.434 e. The maximum absolute atomic E-state index is 6.70. The molecule has 1 aromatic heterocycles. The van der Waals surface area contributed by atoms with Gasteiger partial charge in [-0.05, 0) is 36.2 Å². The Hall–Kier alpha value is -1.38. The molecule has 0 saturated carbocycles. The van der Waals surface area contributed by atoms with Crippen LogP contribution in [0.15, 0.2) is 23.2 Å². The number of rotatable bonds is 8. The fourth-order valence-corrected chi connectivity index (χ4v) is 4.82. The third kappa shape index (κ3) is 7.30. The summed E-state index contributed by atoms with van der Waals surface area (Å²) in [6.45, 7) is 15.2. The molecular formula is C23H33Cl3N4O2Si. The molecule has 1 atom stereocenters. The van der Waals surface area contributed by atoms with Gasteiger partial charge in [0, 0.05) is 25.7 Å².